The Labute approximate surface area is 90.6 Å². The van der Waals surface area contributed by atoms with E-state index >= 15 is 0 Å². The summed E-state index contributed by atoms with van der Waals surface area (Å²) in [6, 6.07) is 0. The van der Waals surface area contributed by atoms with E-state index in [1.165, 1.54) is 0 Å². The van der Waals surface area contributed by atoms with Crippen molar-refractivity contribution in [1.82, 2.24) is 0 Å². The zero-order valence-corrected chi connectivity index (χ0v) is 8.60. The zero-order chi connectivity index (χ0) is 10.3. The number of hydrogen-bond acceptors (Lipinski definition) is 3. The van der Waals surface area contributed by atoms with Crippen LogP contribution in [-0.4, -0.2) is 23.0 Å². The van der Waals surface area contributed by atoms with E-state index in [0.29, 0.717) is 18.5 Å². The minimum absolute atomic E-state index is 0.102. The van der Waals surface area contributed by atoms with Crippen LogP contribution in [0.5, 0.6) is 11.5 Å². The van der Waals surface area contributed by atoms with Gasteiger partial charge in [0, 0.05) is 18.3 Å². The van der Waals surface area contributed by atoms with Gasteiger partial charge in [-0.2, -0.15) is 0 Å². The highest BCUT2D eigenvalue weighted by atomic mass is 35.5. The van der Waals surface area contributed by atoms with E-state index in [1.54, 1.807) is 6.21 Å². The molecule has 0 unspecified atom stereocenters. The van der Waals surface area contributed by atoms with Gasteiger partial charge in [0.2, 0.25) is 0 Å². The largest absolute Gasteiger partial charge is 0.503 e. The standard InChI is InChI=1S/C9H7Cl2NO2/c10-6-4-1-2-12-3-5(4)7(11)9(14)8(6)13/h3,13-14H,1-2H2. The van der Waals surface area contributed by atoms with Gasteiger partial charge in [-0.3, -0.25) is 4.99 Å². The molecule has 0 amide bonds. The lowest BCUT2D eigenvalue weighted by Gasteiger charge is -2.15. The second-order valence-electron chi connectivity index (χ2n) is 3.00. The van der Waals surface area contributed by atoms with Crippen LogP contribution in [0.15, 0.2) is 4.99 Å². The second kappa shape index (κ2) is 3.33. The summed E-state index contributed by atoms with van der Waals surface area (Å²) in [5.74, 6) is -0.741. The van der Waals surface area contributed by atoms with Gasteiger partial charge in [-0.1, -0.05) is 23.2 Å². The van der Waals surface area contributed by atoms with Crippen LogP contribution < -0.4 is 0 Å². The van der Waals surface area contributed by atoms with Crippen molar-refractivity contribution >= 4 is 29.4 Å². The first-order valence-electron chi connectivity index (χ1n) is 4.04. The SMILES string of the molecule is Oc1c(O)c(Cl)c2c(c1Cl)C=NCC2. The lowest BCUT2D eigenvalue weighted by Crippen LogP contribution is -2.04. The molecule has 2 N–H and O–H groups in total. The summed E-state index contributed by atoms with van der Waals surface area (Å²) < 4.78 is 0. The van der Waals surface area contributed by atoms with Gasteiger partial charge >= 0.3 is 0 Å². The van der Waals surface area contributed by atoms with Crippen LogP contribution >= 0.6 is 23.2 Å². The number of rotatable bonds is 0. The fraction of sp³-hybridized carbons (Fsp3) is 0.222. The van der Waals surface area contributed by atoms with Crippen LogP contribution in [-0.2, 0) is 6.42 Å². The van der Waals surface area contributed by atoms with E-state index < -0.39 is 0 Å². The zero-order valence-electron chi connectivity index (χ0n) is 7.09. The van der Waals surface area contributed by atoms with Crippen molar-refractivity contribution < 1.29 is 10.2 Å². The molecule has 0 fully saturated rings. The van der Waals surface area contributed by atoms with Gasteiger partial charge in [0.25, 0.3) is 0 Å². The number of phenols is 2. The van der Waals surface area contributed by atoms with Gasteiger partial charge in [-0.05, 0) is 12.0 Å². The average molecular weight is 232 g/mol. The highest BCUT2D eigenvalue weighted by Crippen LogP contribution is 2.44. The van der Waals surface area contributed by atoms with Gasteiger partial charge in [0.15, 0.2) is 11.5 Å². The molecule has 2 rings (SSSR count). The molecule has 1 aromatic rings. The first-order chi connectivity index (χ1) is 6.63. The van der Waals surface area contributed by atoms with Crippen LogP contribution in [0.2, 0.25) is 10.0 Å². The molecular formula is C9H7Cl2NO2. The van der Waals surface area contributed by atoms with E-state index in [9.17, 15) is 10.2 Å². The molecule has 14 heavy (non-hydrogen) atoms. The Morgan fingerprint density at radius 3 is 2.50 bits per heavy atom. The van der Waals surface area contributed by atoms with Crippen LogP contribution in [0.1, 0.15) is 11.1 Å². The van der Waals surface area contributed by atoms with Crippen LogP contribution in [0.4, 0.5) is 0 Å². The van der Waals surface area contributed by atoms with Crippen molar-refractivity contribution in [3.8, 4) is 11.5 Å². The molecule has 0 saturated carbocycles. The number of aliphatic imine (C=N–C) groups is 1. The van der Waals surface area contributed by atoms with E-state index in [4.69, 9.17) is 23.2 Å². The number of fused-ring (bicyclic) bond motifs is 1. The summed E-state index contributed by atoms with van der Waals surface area (Å²) in [7, 11) is 0. The monoisotopic (exact) mass is 231 g/mol. The molecule has 0 atom stereocenters. The number of hydrogen-bond donors (Lipinski definition) is 2. The van der Waals surface area contributed by atoms with Crippen molar-refractivity contribution in [2.24, 2.45) is 4.99 Å². The van der Waals surface area contributed by atoms with Crippen LogP contribution in [0.25, 0.3) is 0 Å². The highest BCUT2D eigenvalue weighted by molar-refractivity contribution is 6.38. The van der Waals surface area contributed by atoms with Gasteiger partial charge in [0.05, 0.1) is 10.0 Å². The van der Waals surface area contributed by atoms with E-state index in [-0.39, 0.29) is 21.5 Å². The first kappa shape index (κ1) is 9.62. The maximum Gasteiger partial charge on any atom is 0.178 e. The van der Waals surface area contributed by atoms with Gasteiger partial charge in [-0.15, -0.1) is 0 Å². The Balaban J connectivity index is 2.79. The molecule has 0 bridgehead atoms. The molecule has 1 aliphatic heterocycles. The van der Waals surface area contributed by atoms with Crippen molar-refractivity contribution in [3.05, 3.63) is 21.2 Å². The van der Waals surface area contributed by atoms with Crippen molar-refractivity contribution in [2.45, 2.75) is 6.42 Å². The molecule has 3 nitrogen and oxygen atoms in total. The molecule has 1 aliphatic rings. The quantitative estimate of drug-likeness (QED) is 0.674. The van der Waals surface area contributed by atoms with E-state index in [0.717, 1.165) is 5.56 Å². The first-order valence-corrected chi connectivity index (χ1v) is 4.80. The van der Waals surface area contributed by atoms with Crippen LogP contribution in [0.3, 0.4) is 0 Å². The summed E-state index contributed by atoms with van der Waals surface area (Å²) in [5.41, 5.74) is 1.33. The van der Waals surface area contributed by atoms with E-state index in [1.807, 2.05) is 0 Å². The van der Waals surface area contributed by atoms with Gasteiger partial charge in [-0.25, -0.2) is 0 Å². The maximum absolute atomic E-state index is 9.43. The normalized spacial score (nSPS) is 14.1. The summed E-state index contributed by atoms with van der Waals surface area (Å²) >= 11 is 11.7. The third-order valence-electron chi connectivity index (χ3n) is 2.18. The average Bonchev–Trinajstić information content (AvgIpc) is 2.23. The lowest BCUT2D eigenvalue weighted by molar-refractivity contribution is 0.403. The molecule has 0 aliphatic carbocycles. The molecule has 74 valence electrons. The number of halogens is 2. The molecule has 0 spiro atoms. The van der Waals surface area contributed by atoms with Gasteiger partial charge < -0.3 is 10.2 Å². The van der Waals surface area contributed by atoms with Crippen molar-refractivity contribution in [1.29, 1.82) is 0 Å². The Morgan fingerprint density at radius 1 is 1.14 bits per heavy atom. The molecule has 0 aromatic heterocycles. The molecule has 1 heterocycles. The Hall–Kier alpha value is -0.930. The molecule has 1 aromatic carbocycles. The predicted octanol–water partition coefficient (Wildman–Crippen LogP) is 2.38. The second-order valence-corrected chi connectivity index (χ2v) is 3.76. The minimum Gasteiger partial charge on any atom is -0.503 e. The third kappa shape index (κ3) is 1.24. The van der Waals surface area contributed by atoms with Crippen molar-refractivity contribution in [2.75, 3.05) is 6.54 Å². The Morgan fingerprint density at radius 2 is 1.79 bits per heavy atom. The van der Waals surface area contributed by atoms with Crippen LogP contribution in [0, 0.1) is 0 Å². The smallest absolute Gasteiger partial charge is 0.178 e. The fourth-order valence-corrected chi connectivity index (χ4v) is 1.98. The Kier molecular flexibility index (Phi) is 2.29. The summed E-state index contributed by atoms with van der Waals surface area (Å²) in [5, 5.41) is 19.1. The minimum atomic E-state index is -0.385. The predicted molar refractivity (Wildman–Crippen MR) is 56.0 cm³/mol. The lowest BCUT2D eigenvalue weighted by atomic mass is 10.0. The van der Waals surface area contributed by atoms with Gasteiger partial charge in [0.1, 0.15) is 0 Å². The third-order valence-corrected chi connectivity index (χ3v) is 2.97. The van der Waals surface area contributed by atoms with E-state index in [2.05, 4.69) is 4.99 Å². The number of aromatic hydroxyl groups is 2. The molecular weight excluding hydrogens is 225 g/mol. The molecule has 0 saturated heterocycles. The number of benzene rings is 1. The maximum atomic E-state index is 9.43. The Bertz CT molecular complexity index is 430. The van der Waals surface area contributed by atoms with Crippen molar-refractivity contribution in [3.63, 3.8) is 0 Å². The molecule has 5 heteroatoms. The number of phenolic OH excluding ortho intramolecular Hbond substituents is 2. The highest BCUT2D eigenvalue weighted by Gasteiger charge is 2.21. The molecule has 0 radical (unpaired) electrons. The summed E-state index contributed by atoms with van der Waals surface area (Å²) in [6.07, 6.45) is 2.18. The topological polar surface area (TPSA) is 52.8 Å². The summed E-state index contributed by atoms with van der Waals surface area (Å²) in [6.45, 7) is 0.618. The number of nitrogens with zero attached hydrogens (tertiary/aromatic N) is 1. The fourth-order valence-electron chi connectivity index (χ4n) is 1.44. The summed E-state index contributed by atoms with van der Waals surface area (Å²) in [4.78, 5) is 4.03.